The number of hydrogen-bond acceptors (Lipinski definition) is 4. The third-order valence-electron chi connectivity index (χ3n) is 7.61. The van der Waals surface area contributed by atoms with E-state index in [9.17, 15) is 14.4 Å². The van der Waals surface area contributed by atoms with E-state index in [1.54, 1.807) is 17.0 Å². The minimum absolute atomic E-state index is 0.201. The summed E-state index contributed by atoms with van der Waals surface area (Å²) < 4.78 is 0. The molecule has 4 atom stereocenters. The SMILES string of the molecule is C=C(C)CN1C(=O)[C@]2(N[C@H](Cc3ccccc3)[C@H]3C(=O)N(c4ccccc4)C(=O)[C@@H]32)c2ccccc21. The summed E-state index contributed by atoms with van der Waals surface area (Å²) in [6, 6.07) is 26.1. The fraction of sp³-hybridized carbons (Fsp3) is 0.233. The van der Waals surface area contributed by atoms with Crippen LogP contribution in [-0.2, 0) is 26.3 Å². The summed E-state index contributed by atoms with van der Waals surface area (Å²) in [6.45, 7) is 6.25. The van der Waals surface area contributed by atoms with Crippen molar-refractivity contribution in [2.24, 2.45) is 11.8 Å². The number of nitrogens with one attached hydrogen (secondary N) is 1. The van der Waals surface area contributed by atoms with Gasteiger partial charge in [-0.1, -0.05) is 78.9 Å². The van der Waals surface area contributed by atoms with Gasteiger partial charge in [0.05, 0.1) is 17.5 Å². The van der Waals surface area contributed by atoms with E-state index in [2.05, 4.69) is 11.9 Å². The van der Waals surface area contributed by atoms with E-state index in [0.717, 1.165) is 22.4 Å². The van der Waals surface area contributed by atoms with E-state index in [1.165, 1.54) is 4.90 Å². The van der Waals surface area contributed by atoms with Crippen LogP contribution in [-0.4, -0.2) is 30.3 Å². The number of imide groups is 1. The highest BCUT2D eigenvalue weighted by molar-refractivity contribution is 6.26. The molecular weight excluding hydrogens is 450 g/mol. The Labute approximate surface area is 210 Å². The Hall–Kier alpha value is -4.03. The van der Waals surface area contributed by atoms with Gasteiger partial charge in [0, 0.05) is 23.8 Å². The van der Waals surface area contributed by atoms with Crippen LogP contribution in [0.4, 0.5) is 11.4 Å². The number of benzene rings is 3. The lowest BCUT2D eigenvalue weighted by atomic mass is 9.76. The number of hydrogen-bond donors (Lipinski definition) is 1. The Balaban J connectivity index is 1.52. The number of fused-ring (bicyclic) bond motifs is 4. The maximum atomic E-state index is 14.3. The highest BCUT2D eigenvalue weighted by Crippen LogP contribution is 2.55. The number of anilines is 2. The van der Waals surface area contributed by atoms with Crippen LogP contribution in [0.3, 0.4) is 0 Å². The van der Waals surface area contributed by atoms with Crippen LogP contribution in [0.15, 0.2) is 97.1 Å². The molecular formula is C30H27N3O3. The van der Waals surface area contributed by atoms with E-state index < -0.39 is 17.4 Å². The molecule has 3 aliphatic rings. The average molecular weight is 478 g/mol. The molecule has 180 valence electrons. The van der Waals surface area contributed by atoms with Crippen LogP contribution in [0.25, 0.3) is 0 Å². The van der Waals surface area contributed by atoms with Gasteiger partial charge in [0.15, 0.2) is 0 Å². The molecule has 3 aromatic carbocycles. The first kappa shape index (κ1) is 22.4. The first-order chi connectivity index (χ1) is 17.4. The number of nitrogens with zero attached hydrogens (tertiary/aromatic N) is 2. The normalized spacial score (nSPS) is 26.6. The van der Waals surface area contributed by atoms with Crippen LogP contribution in [0, 0.1) is 11.8 Å². The van der Waals surface area contributed by atoms with Crippen LogP contribution < -0.4 is 15.1 Å². The first-order valence-electron chi connectivity index (χ1n) is 12.2. The minimum Gasteiger partial charge on any atom is -0.306 e. The molecule has 0 saturated carbocycles. The molecule has 0 bridgehead atoms. The van der Waals surface area contributed by atoms with Crippen LogP contribution in [0.2, 0.25) is 0 Å². The topological polar surface area (TPSA) is 69.7 Å². The zero-order valence-corrected chi connectivity index (χ0v) is 20.1. The lowest BCUT2D eigenvalue weighted by molar-refractivity contribution is -0.132. The molecule has 0 aromatic heterocycles. The highest BCUT2D eigenvalue weighted by Gasteiger charge is 2.71. The van der Waals surface area contributed by atoms with Crippen molar-refractivity contribution in [1.82, 2.24) is 5.32 Å². The maximum absolute atomic E-state index is 14.3. The standard InChI is InChI=1S/C30H27N3O3/c1-19(2)18-32-24-16-10-9-15-22(24)30(29(32)36)26-25(23(31-30)17-20-11-5-3-6-12-20)27(34)33(28(26)35)21-13-7-4-8-14-21/h3-16,23,25-26,31H,1,17-18H2,2H3/t23-,25-,26-,30+/m1/s1. The molecule has 0 aliphatic carbocycles. The number of carbonyl (C=O) groups is 3. The van der Waals surface area contributed by atoms with E-state index in [0.29, 0.717) is 18.7 Å². The summed E-state index contributed by atoms with van der Waals surface area (Å²) in [4.78, 5) is 45.3. The molecule has 0 radical (unpaired) electrons. The van der Waals surface area contributed by atoms with Gasteiger partial charge in [0.2, 0.25) is 11.8 Å². The Morgan fingerprint density at radius 2 is 1.53 bits per heavy atom. The predicted molar refractivity (Wildman–Crippen MR) is 138 cm³/mol. The summed E-state index contributed by atoms with van der Waals surface area (Å²) in [7, 11) is 0. The van der Waals surface area contributed by atoms with Crippen molar-refractivity contribution < 1.29 is 14.4 Å². The van der Waals surface area contributed by atoms with Crippen LogP contribution in [0.5, 0.6) is 0 Å². The van der Waals surface area contributed by atoms with Crippen molar-refractivity contribution in [3.63, 3.8) is 0 Å². The average Bonchev–Trinajstić information content (AvgIpc) is 3.44. The van der Waals surface area contributed by atoms with Crippen LogP contribution in [0.1, 0.15) is 18.1 Å². The predicted octanol–water partition coefficient (Wildman–Crippen LogP) is 3.82. The number of carbonyl (C=O) groups excluding carboxylic acids is 3. The largest absolute Gasteiger partial charge is 0.306 e. The van der Waals surface area contributed by atoms with E-state index in [-0.39, 0.29) is 23.8 Å². The third-order valence-corrected chi connectivity index (χ3v) is 7.61. The molecule has 6 nitrogen and oxygen atoms in total. The molecule has 36 heavy (non-hydrogen) atoms. The molecule has 2 saturated heterocycles. The molecule has 1 spiro atoms. The lowest BCUT2D eigenvalue weighted by Crippen LogP contribution is -2.55. The smallest absolute Gasteiger partial charge is 0.253 e. The van der Waals surface area contributed by atoms with Gasteiger partial charge in [0.1, 0.15) is 5.54 Å². The molecule has 6 rings (SSSR count). The maximum Gasteiger partial charge on any atom is 0.253 e. The monoisotopic (exact) mass is 477 g/mol. The van der Waals surface area contributed by atoms with Crippen molar-refractivity contribution in [3.8, 4) is 0 Å². The summed E-state index contributed by atoms with van der Waals surface area (Å²) in [5.41, 5.74) is 2.61. The van der Waals surface area contributed by atoms with Crippen molar-refractivity contribution >= 4 is 29.1 Å². The van der Waals surface area contributed by atoms with Gasteiger partial charge in [-0.25, -0.2) is 4.90 Å². The zero-order valence-electron chi connectivity index (χ0n) is 20.1. The molecule has 6 heteroatoms. The van der Waals surface area contributed by atoms with Crippen molar-refractivity contribution in [2.75, 3.05) is 16.3 Å². The number of para-hydroxylation sites is 2. The van der Waals surface area contributed by atoms with Crippen molar-refractivity contribution in [1.29, 1.82) is 0 Å². The summed E-state index contributed by atoms with van der Waals surface area (Å²) in [5, 5.41) is 3.57. The molecule has 3 heterocycles. The summed E-state index contributed by atoms with van der Waals surface area (Å²) in [6.07, 6.45) is 0.529. The molecule has 3 aromatic rings. The Kier molecular flexibility index (Phi) is 5.16. The van der Waals surface area contributed by atoms with Gasteiger partial charge >= 0.3 is 0 Å². The first-order valence-corrected chi connectivity index (χ1v) is 12.2. The molecule has 3 aliphatic heterocycles. The molecule has 2 fully saturated rings. The van der Waals surface area contributed by atoms with E-state index >= 15 is 0 Å². The Morgan fingerprint density at radius 1 is 0.889 bits per heavy atom. The Morgan fingerprint density at radius 3 is 2.22 bits per heavy atom. The second-order valence-electron chi connectivity index (χ2n) is 9.97. The van der Waals surface area contributed by atoms with Crippen molar-refractivity contribution in [2.45, 2.75) is 24.9 Å². The molecule has 1 N–H and O–H groups in total. The van der Waals surface area contributed by atoms with Crippen molar-refractivity contribution in [3.05, 3.63) is 108 Å². The van der Waals surface area contributed by atoms with E-state index in [1.807, 2.05) is 79.7 Å². The van der Waals surface area contributed by atoms with Gasteiger partial charge in [-0.15, -0.1) is 0 Å². The third kappa shape index (κ3) is 3.11. The zero-order chi connectivity index (χ0) is 25.0. The Bertz CT molecular complexity index is 1390. The second kappa shape index (κ2) is 8.28. The quantitative estimate of drug-likeness (QED) is 0.448. The number of rotatable bonds is 5. The fourth-order valence-electron chi connectivity index (χ4n) is 6.25. The van der Waals surface area contributed by atoms with Crippen LogP contribution >= 0.6 is 0 Å². The van der Waals surface area contributed by atoms with Gasteiger partial charge in [0.25, 0.3) is 5.91 Å². The van der Waals surface area contributed by atoms with Gasteiger partial charge in [-0.2, -0.15) is 0 Å². The van der Waals surface area contributed by atoms with Gasteiger partial charge in [-0.3, -0.25) is 19.7 Å². The minimum atomic E-state index is -1.31. The molecule has 0 unspecified atom stereocenters. The number of amides is 3. The summed E-state index contributed by atoms with van der Waals surface area (Å²) in [5.74, 6) is -2.31. The van der Waals surface area contributed by atoms with Gasteiger partial charge < -0.3 is 4.90 Å². The lowest BCUT2D eigenvalue weighted by Gasteiger charge is -2.30. The second-order valence-corrected chi connectivity index (χ2v) is 9.97. The van der Waals surface area contributed by atoms with E-state index in [4.69, 9.17) is 0 Å². The molecule has 3 amide bonds. The van der Waals surface area contributed by atoms with Gasteiger partial charge in [-0.05, 0) is 37.1 Å². The summed E-state index contributed by atoms with van der Waals surface area (Å²) >= 11 is 0. The fourth-order valence-corrected chi connectivity index (χ4v) is 6.25. The highest BCUT2D eigenvalue weighted by atomic mass is 16.2.